The van der Waals surface area contributed by atoms with Crippen LogP contribution in [0.5, 0.6) is 0 Å². The summed E-state index contributed by atoms with van der Waals surface area (Å²) in [6, 6.07) is 111. The van der Waals surface area contributed by atoms with Crippen LogP contribution in [0, 0.1) is 0 Å². The van der Waals surface area contributed by atoms with Gasteiger partial charge >= 0.3 is 0 Å². The highest BCUT2D eigenvalue weighted by Gasteiger charge is 2.23. The average Bonchev–Trinajstić information content (AvgIpc) is 1.58. The van der Waals surface area contributed by atoms with Gasteiger partial charge in [-0.25, -0.2) is 0 Å². The first-order valence-corrected chi connectivity index (χ1v) is 31.5. The van der Waals surface area contributed by atoms with E-state index in [-0.39, 0.29) is 0 Å². The SMILES string of the molecule is c1ccc(-c2cc(-c3ccccc3)cc(-c3ccc4sc5ccc(-c6ccc7oc8ccc(-c9ccc(-c%10c(-c%11ccccc%11)cc%11sc%12ccc(-c%13ccc%14oc%15ccccc%15c%14c%13)cc%12c%11c%10-c%10ccccc%10)cc9)cc8c7c6)cc5c4c3)c2)cc1. The van der Waals surface area contributed by atoms with Gasteiger partial charge in [0.15, 0.2) is 0 Å². The summed E-state index contributed by atoms with van der Waals surface area (Å²) in [5.41, 5.74) is 25.0. The van der Waals surface area contributed by atoms with Crippen molar-refractivity contribution < 1.29 is 8.83 Å². The number of para-hydroxylation sites is 1. The molecule has 0 unspecified atom stereocenters. The van der Waals surface area contributed by atoms with Crippen LogP contribution in [0.25, 0.3) is 184 Å². The van der Waals surface area contributed by atoms with E-state index < -0.39 is 0 Å². The van der Waals surface area contributed by atoms with E-state index in [1.54, 1.807) is 0 Å². The molecule has 4 aromatic heterocycles. The van der Waals surface area contributed by atoms with E-state index in [0.717, 1.165) is 66.1 Å². The van der Waals surface area contributed by atoms with E-state index in [4.69, 9.17) is 8.83 Å². The van der Waals surface area contributed by atoms with Crippen molar-refractivity contribution in [3.63, 3.8) is 0 Å². The van der Waals surface area contributed by atoms with E-state index >= 15 is 0 Å². The summed E-state index contributed by atoms with van der Waals surface area (Å²) in [5, 5.41) is 9.53. The summed E-state index contributed by atoms with van der Waals surface area (Å²) >= 11 is 3.73. The molecule has 18 rings (SSSR count). The molecule has 0 aliphatic carbocycles. The van der Waals surface area contributed by atoms with Gasteiger partial charge in [-0.1, -0.05) is 200 Å². The Morgan fingerprint density at radius 1 is 0.182 bits per heavy atom. The van der Waals surface area contributed by atoms with Crippen LogP contribution in [0.2, 0.25) is 0 Å². The third-order valence-corrected chi connectivity index (χ3v) is 20.1. The van der Waals surface area contributed by atoms with Crippen molar-refractivity contribution >= 4 is 107 Å². The maximum absolute atomic E-state index is 6.58. The lowest BCUT2D eigenvalue weighted by Gasteiger charge is -2.19. The Balaban J connectivity index is 0.723. The number of hydrogen-bond acceptors (Lipinski definition) is 4. The minimum absolute atomic E-state index is 0.876. The number of furan rings is 2. The molecule has 0 N–H and O–H groups in total. The number of rotatable bonds is 9. The zero-order valence-electron chi connectivity index (χ0n) is 47.5. The van der Waals surface area contributed by atoms with Crippen LogP contribution < -0.4 is 0 Å². The minimum atomic E-state index is 0.876. The fraction of sp³-hybridized carbons (Fsp3) is 0. The zero-order chi connectivity index (χ0) is 57.8. The van der Waals surface area contributed by atoms with Gasteiger partial charge in [0.05, 0.1) is 0 Å². The highest BCUT2D eigenvalue weighted by atomic mass is 32.1. The predicted octanol–water partition coefficient (Wildman–Crippen LogP) is 25.2. The van der Waals surface area contributed by atoms with Gasteiger partial charge in [-0.3, -0.25) is 0 Å². The topological polar surface area (TPSA) is 26.3 Å². The number of hydrogen-bond donors (Lipinski definition) is 0. The molecule has 0 atom stereocenters. The highest BCUT2D eigenvalue weighted by Crippen LogP contribution is 2.51. The molecular weight excluding hydrogens is 1110 g/mol. The molecule has 0 aliphatic rings. The monoisotopic (exact) mass is 1150 g/mol. The molecule has 0 spiro atoms. The van der Waals surface area contributed by atoms with Gasteiger partial charge < -0.3 is 8.83 Å². The first-order chi connectivity index (χ1) is 43.5. The number of thiophene rings is 2. The van der Waals surface area contributed by atoms with Crippen molar-refractivity contribution in [3.05, 3.63) is 303 Å². The normalized spacial score (nSPS) is 11.9. The van der Waals surface area contributed by atoms with Crippen molar-refractivity contribution in [1.29, 1.82) is 0 Å². The van der Waals surface area contributed by atoms with Gasteiger partial charge in [-0.05, 0) is 203 Å². The molecule has 0 fully saturated rings. The van der Waals surface area contributed by atoms with Crippen LogP contribution in [0.15, 0.2) is 312 Å². The van der Waals surface area contributed by atoms with Crippen molar-refractivity contribution in [2.75, 3.05) is 0 Å². The minimum Gasteiger partial charge on any atom is -0.456 e. The Labute approximate surface area is 515 Å². The second kappa shape index (κ2) is 20.4. The quantitative estimate of drug-likeness (QED) is 0.144. The van der Waals surface area contributed by atoms with Crippen molar-refractivity contribution in [1.82, 2.24) is 0 Å². The molecule has 0 aliphatic heterocycles. The molecule has 18 aromatic rings. The summed E-state index contributed by atoms with van der Waals surface area (Å²) < 4.78 is 17.9. The molecule has 14 aromatic carbocycles. The van der Waals surface area contributed by atoms with Gasteiger partial charge in [-0.2, -0.15) is 0 Å². The second-order valence-electron chi connectivity index (χ2n) is 23.1. The largest absolute Gasteiger partial charge is 0.456 e. The highest BCUT2D eigenvalue weighted by molar-refractivity contribution is 7.26. The third kappa shape index (κ3) is 8.52. The summed E-state index contributed by atoms with van der Waals surface area (Å²) in [7, 11) is 0. The van der Waals surface area contributed by atoms with E-state index in [0.29, 0.717) is 0 Å². The molecular formula is C84H50O2S2. The summed E-state index contributed by atoms with van der Waals surface area (Å²) in [6.45, 7) is 0. The Bertz CT molecular complexity index is 5710. The molecule has 4 heteroatoms. The van der Waals surface area contributed by atoms with E-state index in [9.17, 15) is 0 Å². The Hall–Kier alpha value is -10.9. The lowest BCUT2D eigenvalue weighted by molar-refractivity contribution is 0.668. The third-order valence-electron chi connectivity index (χ3n) is 17.9. The lowest BCUT2D eigenvalue weighted by atomic mass is 9.84. The summed E-state index contributed by atoms with van der Waals surface area (Å²) in [6.07, 6.45) is 0. The van der Waals surface area contributed by atoms with E-state index in [1.807, 2.05) is 34.8 Å². The van der Waals surface area contributed by atoms with Gasteiger partial charge in [0, 0.05) is 61.9 Å². The number of benzene rings is 14. The summed E-state index contributed by atoms with van der Waals surface area (Å²) in [4.78, 5) is 0. The van der Waals surface area contributed by atoms with Crippen molar-refractivity contribution in [3.8, 4) is 100 Å². The Kier molecular flexibility index (Phi) is 11.7. The molecule has 0 amide bonds. The Morgan fingerprint density at radius 2 is 0.511 bits per heavy atom. The Morgan fingerprint density at radius 3 is 1.05 bits per heavy atom. The van der Waals surface area contributed by atoms with Gasteiger partial charge in [-0.15, -0.1) is 22.7 Å². The van der Waals surface area contributed by atoms with Crippen LogP contribution >= 0.6 is 22.7 Å². The smallest absolute Gasteiger partial charge is 0.135 e. The predicted molar refractivity (Wildman–Crippen MR) is 376 cm³/mol. The molecule has 410 valence electrons. The van der Waals surface area contributed by atoms with Crippen LogP contribution in [0.1, 0.15) is 0 Å². The van der Waals surface area contributed by atoms with Crippen molar-refractivity contribution in [2.24, 2.45) is 0 Å². The molecule has 0 bridgehead atoms. The first-order valence-electron chi connectivity index (χ1n) is 29.9. The zero-order valence-corrected chi connectivity index (χ0v) is 49.1. The summed E-state index contributed by atoms with van der Waals surface area (Å²) in [5.74, 6) is 0. The maximum atomic E-state index is 6.58. The van der Waals surface area contributed by atoms with Crippen molar-refractivity contribution in [2.45, 2.75) is 0 Å². The molecule has 2 nitrogen and oxygen atoms in total. The molecule has 4 heterocycles. The van der Waals surface area contributed by atoms with Crippen LogP contribution in [-0.2, 0) is 0 Å². The van der Waals surface area contributed by atoms with Crippen LogP contribution in [0.3, 0.4) is 0 Å². The van der Waals surface area contributed by atoms with Crippen LogP contribution in [0.4, 0.5) is 0 Å². The maximum Gasteiger partial charge on any atom is 0.135 e. The molecule has 0 radical (unpaired) electrons. The first kappa shape index (κ1) is 50.4. The fourth-order valence-corrected chi connectivity index (χ4v) is 15.8. The van der Waals surface area contributed by atoms with E-state index in [2.05, 4.69) is 291 Å². The molecule has 0 saturated carbocycles. The molecule has 0 saturated heterocycles. The standard InChI is InChI=1S/C84H50O2S2/c1-5-15-51(16-6-1)63-41-64(52-17-7-2-8-18-52)43-65(42-63)62-34-39-79-72(48-62)71-47-60(32-38-78(71)87-79)59-31-37-77-70(46-59)69-44-57(29-35-76(69)86-77)53-25-27-56(28-26-53)82-67(54-19-9-3-10-20-54)50-81-84(83(82)55-21-11-4-12-22-55)73-49-61(33-40-80(73)88-81)58-30-36-75-68(45-58)66-23-13-14-24-74(66)85-75/h1-50H. The van der Waals surface area contributed by atoms with E-state index in [1.165, 1.54) is 118 Å². The average molecular weight is 1160 g/mol. The lowest BCUT2D eigenvalue weighted by Crippen LogP contribution is -1.92. The van der Waals surface area contributed by atoms with Crippen LogP contribution in [-0.4, -0.2) is 0 Å². The van der Waals surface area contributed by atoms with Gasteiger partial charge in [0.1, 0.15) is 22.3 Å². The fourth-order valence-electron chi connectivity index (χ4n) is 13.6. The number of fused-ring (bicyclic) bond motifs is 12. The molecule has 88 heavy (non-hydrogen) atoms. The second-order valence-corrected chi connectivity index (χ2v) is 25.2. The van der Waals surface area contributed by atoms with Gasteiger partial charge in [0.2, 0.25) is 0 Å². The van der Waals surface area contributed by atoms with Gasteiger partial charge in [0.25, 0.3) is 0 Å².